The average Bonchev–Trinajstić information content (AvgIpc) is 2.84. The molecule has 3 heteroatoms. The van der Waals surface area contributed by atoms with Crippen LogP contribution in [0.3, 0.4) is 0 Å². The van der Waals surface area contributed by atoms with Gasteiger partial charge in [0, 0.05) is 12.0 Å². The third-order valence-corrected chi connectivity index (χ3v) is 4.55. The Kier molecular flexibility index (Phi) is 3.24. The largest absolute Gasteiger partial charge is 0.394 e. The number of aliphatic hydroxyl groups is 1. The maximum atomic E-state index is 12.5. The number of amides is 1. The molecular weight excluding hydrogens is 202 g/mol. The van der Waals surface area contributed by atoms with Crippen molar-refractivity contribution in [2.24, 2.45) is 11.3 Å². The normalized spacial score (nSPS) is 33.3. The second kappa shape index (κ2) is 4.36. The van der Waals surface area contributed by atoms with Gasteiger partial charge in [-0.25, -0.2) is 0 Å². The van der Waals surface area contributed by atoms with E-state index in [9.17, 15) is 9.90 Å². The first-order valence-corrected chi connectivity index (χ1v) is 6.50. The first-order valence-electron chi connectivity index (χ1n) is 6.50. The molecule has 2 aliphatic rings. The highest BCUT2D eigenvalue weighted by atomic mass is 16.3. The fourth-order valence-electron chi connectivity index (χ4n) is 3.25. The van der Waals surface area contributed by atoms with Crippen molar-refractivity contribution in [3.63, 3.8) is 0 Å². The molecule has 1 saturated carbocycles. The molecule has 2 rings (SSSR count). The van der Waals surface area contributed by atoms with Crippen LogP contribution in [0, 0.1) is 11.3 Å². The molecule has 1 amide bonds. The molecule has 2 atom stereocenters. The van der Waals surface area contributed by atoms with Crippen LogP contribution >= 0.6 is 0 Å². The van der Waals surface area contributed by atoms with Crippen molar-refractivity contribution in [3.05, 3.63) is 0 Å². The summed E-state index contributed by atoms with van der Waals surface area (Å²) in [4.78, 5) is 14.4. The van der Waals surface area contributed by atoms with Crippen LogP contribution in [0.25, 0.3) is 0 Å². The minimum atomic E-state index is -0.141. The van der Waals surface area contributed by atoms with E-state index in [1.54, 1.807) is 0 Å². The predicted octanol–water partition coefficient (Wildman–Crippen LogP) is 1.80. The van der Waals surface area contributed by atoms with Crippen molar-refractivity contribution >= 4 is 5.91 Å². The van der Waals surface area contributed by atoms with Crippen LogP contribution in [0.1, 0.15) is 46.0 Å². The molecule has 0 bridgehead atoms. The zero-order chi connectivity index (χ0) is 11.8. The highest BCUT2D eigenvalue weighted by Crippen LogP contribution is 2.41. The fourth-order valence-corrected chi connectivity index (χ4v) is 3.25. The number of carbonyl (C=O) groups excluding carboxylic acids is 1. The van der Waals surface area contributed by atoms with Crippen LogP contribution < -0.4 is 0 Å². The summed E-state index contributed by atoms with van der Waals surface area (Å²) in [6.45, 7) is 5.18. The average molecular weight is 225 g/mol. The van der Waals surface area contributed by atoms with Gasteiger partial charge in [-0.05, 0) is 25.2 Å². The van der Waals surface area contributed by atoms with Gasteiger partial charge in [-0.3, -0.25) is 4.79 Å². The number of hydrogen-bond donors (Lipinski definition) is 1. The Morgan fingerprint density at radius 1 is 1.44 bits per heavy atom. The van der Waals surface area contributed by atoms with Crippen LogP contribution in [0.15, 0.2) is 0 Å². The van der Waals surface area contributed by atoms with E-state index in [1.165, 1.54) is 12.8 Å². The van der Waals surface area contributed by atoms with Crippen molar-refractivity contribution in [1.29, 1.82) is 0 Å². The number of likely N-dealkylation sites (tertiary alicyclic amines) is 1. The Morgan fingerprint density at radius 3 is 2.62 bits per heavy atom. The number of hydrogen-bond acceptors (Lipinski definition) is 2. The summed E-state index contributed by atoms with van der Waals surface area (Å²) in [5.74, 6) is 0.729. The van der Waals surface area contributed by atoms with Gasteiger partial charge in [0.25, 0.3) is 0 Å². The molecule has 1 aliphatic heterocycles. The first-order chi connectivity index (χ1) is 7.58. The molecule has 0 aromatic rings. The smallest absolute Gasteiger partial charge is 0.228 e. The molecule has 3 nitrogen and oxygen atoms in total. The van der Waals surface area contributed by atoms with E-state index in [1.807, 2.05) is 4.90 Å². The summed E-state index contributed by atoms with van der Waals surface area (Å²) in [7, 11) is 0. The number of aliphatic hydroxyl groups excluding tert-OH is 1. The van der Waals surface area contributed by atoms with Gasteiger partial charge in [0.1, 0.15) is 0 Å². The summed E-state index contributed by atoms with van der Waals surface area (Å²) < 4.78 is 0. The van der Waals surface area contributed by atoms with Gasteiger partial charge in [-0.15, -0.1) is 0 Å². The van der Waals surface area contributed by atoms with Gasteiger partial charge < -0.3 is 10.0 Å². The second-order valence-corrected chi connectivity index (χ2v) is 5.78. The van der Waals surface area contributed by atoms with Crippen molar-refractivity contribution in [1.82, 2.24) is 4.90 Å². The molecule has 0 spiro atoms. The lowest BCUT2D eigenvalue weighted by Gasteiger charge is -2.33. The molecule has 0 aromatic heterocycles. The Bertz CT molecular complexity index is 271. The third kappa shape index (κ3) is 1.86. The minimum absolute atomic E-state index is 0.0601. The number of nitrogens with zero attached hydrogens (tertiary/aromatic N) is 1. The molecule has 16 heavy (non-hydrogen) atoms. The third-order valence-electron chi connectivity index (χ3n) is 4.55. The summed E-state index contributed by atoms with van der Waals surface area (Å²) in [5, 5.41) is 9.39. The van der Waals surface area contributed by atoms with Gasteiger partial charge in [-0.2, -0.15) is 0 Å². The maximum Gasteiger partial charge on any atom is 0.228 e. The second-order valence-electron chi connectivity index (χ2n) is 5.78. The lowest BCUT2D eigenvalue weighted by molar-refractivity contribution is -0.143. The molecule has 92 valence electrons. The van der Waals surface area contributed by atoms with Gasteiger partial charge in [0.15, 0.2) is 0 Å². The van der Waals surface area contributed by atoms with E-state index in [4.69, 9.17) is 0 Å². The SMILES string of the molecule is CC1CCN(C(=O)C2(C)CCCC2)C1CO. The quantitative estimate of drug-likeness (QED) is 0.778. The molecule has 1 aliphatic carbocycles. The van der Waals surface area contributed by atoms with Crippen molar-refractivity contribution in [3.8, 4) is 0 Å². The van der Waals surface area contributed by atoms with Crippen molar-refractivity contribution in [2.45, 2.75) is 52.0 Å². The minimum Gasteiger partial charge on any atom is -0.394 e. The van der Waals surface area contributed by atoms with Gasteiger partial charge in [0.2, 0.25) is 5.91 Å². The van der Waals surface area contributed by atoms with Crippen molar-refractivity contribution < 1.29 is 9.90 Å². The lowest BCUT2D eigenvalue weighted by Crippen LogP contribution is -2.46. The molecule has 1 saturated heterocycles. The highest BCUT2D eigenvalue weighted by Gasteiger charge is 2.43. The van der Waals surface area contributed by atoms with E-state index in [2.05, 4.69) is 13.8 Å². The van der Waals surface area contributed by atoms with E-state index in [-0.39, 0.29) is 24.0 Å². The van der Waals surface area contributed by atoms with E-state index < -0.39 is 0 Å². The Balaban J connectivity index is 2.09. The van der Waals surface area contributed by atoms with Crippen LogP contribution in [0.4, 0.5) is 0 Å². The summed E-state index contributed by atoms with van der Waals surface area (Å²) in [6.07, 6.45) is 5.43. The maximum absolute atomic E-state index is 12.5. The molecule has 2 fully saturated rings. The van der Waals surface area contributed by atoms with Crippen LogP contribution in [0.5, 0.6) is 0 Å². The van der Waals surface area contributed by atoms with Crippen LogP contribution in [0.2, 0.25) is 0 Å². The molecule has 0 radical (unpaired) electrons. The molecule has 1 N–H and O–H groups in total. The topological polar surface area (TPSA) is 40.5 Å². The summed E-state index contributed by atoms with van der Waals surface area (Å²) >= 11 is 0. The molecule has 0 aromatic carbocycles. The van der Waals surface area contributed by atoms with Crippen LogP contribution in [-0.2, 0) is 4.79 Å². The standard InChI is InChI=1S/C13H23NO2/c1-10-5-8-14(11(10)9-15)12(16)13(2)6-3-4-7-13/h10-11,15H,3-9H2,1-2H3. The molecule has 1 heterocycles. The van der Waals surface area contributed by atoms with Gasteiger partial charge in [0.05, 0.1) is 12.6 Å². The van der Waals surface area contributed by atoms with E-state index >= 15 is 0 Å². The Hall–Kier alpha value is -0.570. The van der Waals surface area contributed by atoms with Crippen molar-refractivity contribution in [2.75, 3.05) is 13.2 Å². The number of carbonyl (C=O) groups is 1. The van der Waals surface area contributed by atoms with E-state index in [0.29, 0.717) is 5.92 Å². The highest BCUT2D eigenvalue weighted by molar-refractivity contribution is 5.83. The van der Waals surface area contributed by atoms with E-state index in [0.717, 1.165) is 25.8 Å². The Labute approximate surface area is 97.8 Å². The zero-order valence-corrected chi connectivity index (χ0v) is 10.4. The summed E-state index contributed by atoms with van der Waals surface area (Å²) in [6, 6.07) is 0.0601. The predicted molar refractivity (Wildman–Crippen MR) is 62.9 cm³/mol. The van der Waals surface area contributed by atoms with Gasteiger partial charge >= 0.3 is 0 Å². The Morgan fingerprint density at radius 2 is 2.06 bits per heavy atom. The van der Waals surface area contributed by atoms with Crippen LogP contribution in [-0.4, -0.2) is 35.1 Å². The first kappa shape index (κ1) is 11.9. The molecular formula is C13H23NO2. The van der Waals surface area contributed by atoms with Gasteiger partial charge in [-0.1, -0.05) is 26.7 Å². The monoisotopic (exact) mass is 225 g/mol. The molecule has 2 unspecified atom stereocenters. The fraction of sp³-hybridized carbons (Fsp3) is 0.923. The lowest BCUT2D eigenvalue weighted by atomic mass is 9.86. The summed E-state index contributed by atoms with van der Waals surface area (Å²) in [5.41, 5.74) is -0.141. The zero-order valence-electron chi connectivity index (χ0n) is 10.4. The number of rotatable bonds is 2.